The average Bonchev–Trinajstić information content (AvgIpc) is 2.65. The largest absolute Gasteiger partial charge is 0.495 e. The molecule has 0 unspecified atom stereocenters. The molecule has 0 atom stereocenters. The van der Waals surface area contributed by atoms with Gasteiger partial charge in [0.1, 0.15) is 11.6 Å². The number of nitrogens with zero attached hydrogens (tertiary/aromatic N) is 1. The van der Waals surface area contributed by atoms with Crippen molar-refractivity contribution in [2.24, 2.45) is 0 Å². The summed E-state index contributed by atoms with van der Waals surface area (Å²) in [6.07, 6.45) is 1.59. The molecule has 0 bridgehead atoms. The molecule has 0 aliphatic rings. The molecule has 2 N–H and O–H groups in total. The van der Waals surface area contributed by atoms with Crippen LogP contribution in [0.25, 0.3) is 0 Å². The smallest absolute Gasteiger partial charge is 0.255 e. The first-order chi connectivity index (χ1) is 12.6. The minimum absolute atomic E-state index is 0.261. The molecule has 0 radical (unpaired) electrons. The van der Waals surface area contributed by atoms with E-state index in [1.54, 1.807) is 30.5 Å². The van der Waals surface area contributed by atoms with Gasteiger partial charge in [0.25, 0.3) is 5.91 Å². The molecule has 3 rings (SSSR count). The van der Waals surface area contributed by atoms with Crippen LogP contribution in [0.2, 0.25) is 5.02 Å². The highest BCUT2D eigenvalue weighted by Crippen LogP contribution is 2.31. The fraction of sp³-hybridized carbons (Fsp3) is 0.100. The second kappa shape index (κ2) is 7.89. The lowest BCUT2D eigenvalue weighted by Gasteiger charge is -2.13. The lowest BCUT2D eigenvalue weighted by Crippen LogP contribution is -2.13. The van der Waals surface area contributed by atoms with Crippen molar-refractivity contribution in [1.82, 2.24) is 4.98 Å². The zero-order chi connectivity index (χ0) is 18.5. The van der Waals surface area contributed by atoms with Gasteiger partial charge in [0.05, 0.1) is 12.8 Å². The molecular weight excluding hydrogens is 350 g/mol. The highest BCUT2D eigenvalue weighted by Gasteiger charge is 2.13. The third kappa shape index (κ3) is 4.13. The fourth-order valence-electron chi connectivity index (χ4n) is 2.43. The van der Waals surface area contributed by atoms with Crippen LogP contribution >= 0.6 is 11.6 Å². The van der Waals surface area contributed by atoms with Gasteiger partial charge in [-0.25, -0.2) is 4.98 Å². The predicted molar refractivity (Wildman–Crippen MR) is 105 cm³/mol. The molecule has 132 valence electrons. The molecule has 0 aliphatic carbocycles. The van der Waals surface area contributed by atoms with Crippen LogP contribution in [0.4, 0.5) is 17.2 Å². The number of pyridine rings is 1. The molecule has 6 heteroatoms. The zero-order valence-electron chi connectivity index (χ0n) is 14.4. The van der Waals surface area contributed by atoms with E-state index in [0.717, 1.165) is 11.3 Å². The van der Waals surface area contributed by atoms with Crippen molar-refractivity contribution in [1.29, 1.82) is 0 Å². The molecule has 1 amide bonds. The molecule has 0 saturated heterocycles. The minimum atomic E-state index is -0.261. The predicted octanol–water partition coefficient (Wildman–Crippen LogP) is 5.05. The van der Waals surface area contributed by atoms with Gasteiger partial charge >= 0.3 is 0 Å². The summed E-state index contributed by atoms with van der Waals surface area (Å²) in [7, 11) is 1.53. The van der Waals surface area contributed by atoms with Crippen molar-refractivity contribution < 1.29 is 9.53 Å². The van der Waals surface area contributed by atoms with Crippen molar-refractivity contribution in [3.8, 4) is 5.75 Å². The van der Waals surface area contributed by atoms with Gasteiger partial charge in [-0.15, -0.1) is 0 Å². The molecule has 1 aromatic heterocycles. The Hall–Kier alpha value is -3.05. The second-order valence-corrected chi connectivity index (χ2v) is 6.08. The Labute approximate surface area is 157 Å². The van der Waals surface area contributed by atoms with Crippen LogP contribution in [0.5, 0.6) is 5.75 Å². The van der Waals surface area contributed by atoms with Crippen LogP contribution in [0, 0.1) is 6.92 Å². The number of para-hydroxylation sites is 1. The maximum atomic E-state index is 12.6. The lowest BCUT2D eigenvalue weighted by atomic mass is 10.2. The summed E-state index contributed by atoms with van der Waals surface area (Å²) in [5, 5.41) is 6.61. The van der Waals surface area contributed by atoms with E-state index in [0.29, 0.717) is 27.8 Å². The number of rotatable bonds is 5. The Balaban J connectivity index is 1.80. The number of ether oxygens (including phenoxy) is 1. The maximum absolute atomic E-state index is 12.6. The zero-order valence-corrected chi connectivity index (χ0v) is 15.2. The Kier molecular flexibility index (Phi) is 5.39. The van der Waals surface area contributed by atoms with Crippen molar-refractivity contribution in [2.75, 3.05) is 17.7 Å². The molecule has 0 saturated carbocycles. The van der Waals surface area contributed by atoms with E-state index >= 15 is 0 Å². The van der Waals surface area contributed by atoms with Crippen LogP contribution in [-0.4, -0.2) is 18.0 Å². The molecular formula is C20H18ClN3O2. The van der Waals surface area contributed by atoms with Gasteiger partial charge in [-0.05, 0) is 42.8 Å². The maximum Gasteiger partial charge on any atom is 0.255 e. The van der Waals surface area contributed by atoms with Gasteiger partial charge < -0.3 is 15.4 Å². The van der Waals surface area contributed by atoms with Gasteiger partial charge in [0, 0.05) is 28.5 Å². The van der Waals surface area contributed by atoms with E-state index in [1.807, 2.05) is 37.3 Å². The Morgan fingerprint density at radius 1 is 1.12 bits per heavy atom. The SMILES string of the molecule is COc1cc(Cl)c(C)cc1NC(=O)c1ccnc(Nc2ccccc2)c1. The molecule has 26 heavy (non-hydrogen) atoms. The number of carbonyl (C=O) groups excluding carboxylic acids is 1. The topological polar surface area (TPSA) is 63.2 Å². The van der Waals surface area contributed by atoms with Gasteiger partial charge in [0.15, 0.2) is 0 Å². The normalized spacial score (nSPS) is 10.3. The number of hydrogen-bond acceptors (Lipinski definition) is 4. The summed E-state index contributed by atoms with van der Waals surface area (Å²) in [4.78, 5) is 16.9. The van der Waals surface area contributed by atoms with Crippen molar-refractivity contribution in [3.63, 3.8) is 0 Å². The first-order valence-electron chi connectivity index (χ1n) is 8.00. The molecule has 2 aromatic carbocycles. The van der Waals surface area contributed by atoms with E-state index in [1.165, 1.54) is 7.11 Å². The Bertz CT molecular complexity index is 930. The summed E-state index contributed by atoms with van der Waals surface area (Å²) in [6, 6.07) is 16.4. The standard InChI is InChI=1S/C20H18ClN3O2/c1-13-10-17(18(26-2)12-16(13)21)24-20(25)14-8-9-22-19(11-14)23-15-6-4-3-5-7-15/h3-12H,1-2H3,(H,22,23)(H,24,25). The number of hydrogen-bond donors (Lipinski definition) is 2. The first-order valence-corrected chi connectivity index (χ1v) is 8.38. The minimum Gasteiger partial charge on any atom is -0.495 e. The Morgan fingerprint density at radius 2 is 1.88 bits per heavy atom. The summed E-state index contributed by atoms with van der Waals surface area (Å²) < 4.78 is 5.30. The van der Waals surface area contributed by atoms with Crippen LogP contribution in [0.1, 0.15) is 15.9 Å². The van der Waals surface area contributed by atoms with Crippen LogP contribution in [0.15, 0.2) is 60.8 Å². The monoisotopic (exact) mass is 367 g/mol. The highest BCUT2D eigenvalue weighted by atomic mass is 35.5. The number of amides is 1. The van der Waals surface area contributed by atoms with Crippen molar-refractivity contribution >= 4 is 34.7 Å². The van der Waals surface area contributed by atoms with Gasteiger partial charge in [-0.1, -0.05) is 29.8 Å². The van der Waals surface area contributed by atoms with Gasteiger partial charge in [0.2, 0.25) is 0 Å². The van der Waals surface area contributed by atoms with E-state index in [-0.39, 0.29) is 5.91 Å². The lowest BCUT2D eigenvalue weighted by molar-refractivity contribution is 0.102. The quantitative estimate of drug-likeness (QED) is 0.662. The second-order valence-electron chi connectivity index (χ2n) is 5.68. The van der Waals surface area contributed by atoms with Crippen molar-refractivity contribution in [2.45, 2.75) is 6.92 Å². The summed E-state index contributed by atoms with van der Waals surface area (Å²) >= 11 is 6.11. The molecule has 0 fully saturated rings. The third-order valence-corrected chi connectivity index (χ3v) is 4.20. The van der Waals surface area contributed by atoms with Crippen LogP contribution < -0.4 is 15.4 Å². The number of aromatic nitrogens is 1. The van der Waals surface area contributed by atoms with E-state index < -0.39 is 0 Å². The molecule has 5 nitrogen and oxygen atoms in total. The number of anilines is 3. The number of nitrogens with one attached hydrogen (secondary N) is 2. The summed E-state index contributed by atoms with van der Waals surface area (Å²) in [5.41, 5.74) is 2.79. The number of benzene rings is 2. The molecule has 1 heterocycles. The molecule has 3 aromatic rings. The average molecular weight is 368 g/mol. The van der Waals surface area contributed by atoms with Gasteiger partial charge in [-0.3, -0.25) is 4.79 Å². The first kappa shape index (κ1) is 17.8. The Morgan fingerprint density at radius 3 is 2.62 bits per heavy atom. The number of halogens is 1. The third-order valence-electron chi connectivity index (χ3n) is 3.80. The molecule has 0 spiro atoms. The highest BCUT2D eigenvalue weighted by molar-refractivity contribution is 6.31. The van der Waals surface area contributed by atoms with E-state index in [2.05, 4.69) is 15.6 Å². The number of methoxy groups -OCH3 is 1. The number of carbonyl (C=O) groups is 1. The number of aryl methyl sites for hydroxylation is 1. The van der Waals surface area contributed by atoms with Crippen molar-refractivity contribution in [3.05, 3.63) is 76.9 Å². The van der Waals surface area contributed by atoms with Crippen LogP contribution in [-0.2, 0) is 0 Å². The molecule has 0 aliphatic heterocycles. The van der Waals surface area contributed by atoms with Gasteiger partial charge in [-0.2, -0.15) is 0 Å². The fourth-order valence-corrected chi connectivity index (χ4v) is 2.59. The summed E-state index contributed by atoms with van der Waals surface area (Å²) in [5.74, 6) is 0.831. The summed E-state index contributed by atoms with van der Waals surface area (Å²) in [6.45, 7) is 1.87. The van der Waals surface area contributed by atoms with Crippen LogP contribution in [0.3, 0.4) is 0 Å². The van der Waals surface area contributed by atoms with E-state index in [9.17, 15) is 4.79 Å². The van der Waals surface area contributed by atoms with E-state index in [4.69, 9.17) is 16.3 Å².